The molecule has 0 bridgehead atoms. The molecule has 1 fully saturated rings. The van der Waals surface area contributed by atoms with E-state index < -0.39 is 0 Å². The SMILES string of the molecule is COC(C)c1noc([C@@H]2C[C@@H](O)CN2)n1. The lowest BCUT2D eigenvalue weighted by Crippen LogP contribution is -2.15. The van der Waals surface area contributed by atoms with Crippen molar-refractivity contribution < 1.29 is 14.4 Å². The van der Waals surface area contributed by atoms with E-state index in [2.05, 4.69) is 15.5 Å². The lowest BCUT2D eigenvalue weighted by Gasteiger charge is -2.03. The third-order valence-corrected chi connectivity index (χ3v) is 2.58. The van der Waals surface area contributed by atoms with Crippen molar-refractivity contribution in [2.24, 2.45) is 0 Å². The molecule has 0 spiro atoms. The van der Waals surface area contributed by atoms with Crippen LogP contribution in [-0.2, 0) is 4.74 Å². The monoisotopic (exact) mass is 213 g/mol. The summed E-state index contributed by atoms with van der Waals surface area (Å²) in [5, 5.41) is 16.3. The fourth-order valence-electron chi connectivity index (χ4n) is 1.56. The van der Waals surface area contributed by atoms with Gasteiger partial charge in [-0.15, -0.1) is 0 Å². The zero-order valence-corrected chi connectivity index (χ0v) is 8.80. The number of aliphatic hydroxyl groups excluding tert-OH is 1. The summed E-state index contributed by atoms with van der Waals surface area (Å²) in [6, 6.07) is -0.0368. The van der Waals surface area contributed by atoms with Crippen molar-refractivity contribution in [1.82, 2.24) is 15.5 Å². The molecule has 1 aromatic rings. The molecule has 2 N–H and O–H groups in total. The average Bonchev–Trinajstić information content (AvgIpc) is 2.84. The zero-order chi connectivity index (χ0) is 10.8. The van der Waals surface area contributed by atoms with Crippen molar-refractivity contribution in [2.45, 2.75) is 31.6 Å². The quantitative estimate of drug-likeness (QED) is 0.745. The summed E-state index contributed by atoms with van der Waals surface area (Å²) in [5.74, 6) is 1.06. The van der Waals surface area contributed by atoms with E-state index in [4.69, 9.17) is 9.26 Å². The zero-order valence-electron chi connectivity index (χ0n) is 8.80. The van der Waals surface area contributed by atoms with Crippen molar-refractivity contribution >= 4 is 0 Å². The Morgan fingerprint density at radius 1 is 1.67 bits per heavy atom. The number of nitrogens with zero attached hydrogens (tertiary/aromatic N) is 2. The third-order valence-electron chi connectivity index (χ3n) is 2.58. The van der Waals surface area contributed by atoms with E-state index >= 15 is 0 Å². The molecule has 6 nitrogen and oxygen atoms in total. The van der Waals surface area contributed by atoms with Gasteiger partial charge in [0.15, 0.2) is 5.82 Å². The number of β-amino-alcohol motifs (C(OH)–C–C–N with tert-alkyl or cyclic N) is 1. The number of methoxy groups -OCH3 is 1. The summed E-state index contributed by atoms with van der Waals surface area (Å²) in [6.07, 6.45) is 0.113. The molecule has 1 aliphatic rings. The standard InChI is InChI=1S/C9H15N3O3/c1-5(14-2)8-11-9(15-12-8)7-3-6(13)4-10-7/h5-7,10,13H,3-4H2,1-2H3/t5?,6-,7+/m1/s1. The Morgan fingerprint density at radius 2 is 2.47 bits per heavy atom. The van der Waals surface area contributed by atoms with Crippen LogP contribution in [0.2, 0.25) is 0 Å². The summed E-state index contributed by atoms with van der Waals surface area (Å²) < 4.78 is 10.2. The van der Waals surface area contributed by atoms with Gasteiger partial charge in [0.05, 0.1) is 12.1 Å². The van der Waals surface area contributed by atoms with Gasteiger partial charge in [0, 0.05) is 13.7 Å². The van der Waals surface area contributed by atoms with Crippen molar-refractivity contribution in [1.29, 1.82) is 0 Å². The van der Waals surface area contributed by atoms with E-state index in [0.29, 0.717) is 24.7 Å². The second kappa shape index (κ2) is 4.26. The fourth-order valence-corrected chi connectivity index (χ4v) is 1.56. The summed E-state index contributed by atoms with van der Waals surface area (Å²) in [5.41, 5.74) is 0. The highest BCUT2D eigenvalue weighted by Crippen LogP contribution is 2.23. The van der Waals surface area contributed by atoms with Crippen LogP contribution in [-0.4, -0.2) is 35.0 Å². The van der Waals surface area contributed by atoms with E-state index in [1.807, 2.05) is 6.92 Å². The highest BCUT2D eigenvalue weighted by atomic mass is 16.5. The van der Waals surface area contributed by atoms with Gasteiger partial charge >= 0.3 is 0 Å². The highest BCUT2D eigenvalue weighted by Gasteiger charge is 2.28. The number of rotatable bonds is 3. The van der Waals surface area contributed by atoms with Gasteiger partial charge in [-0.25, -0.2) is 0 Å². The maximum absolute atomic E-state index is 9.35. The van der Waals surface area contributed by atoms with Crippen molar-refractivity contribution in [3.05, 3.63) is 11.7 Å². The topological polar surface area (TPSA) is 80.4 Å². The molecule has 0 aliphatic carbocycles. The molecule has 2 heterocycles. The van der Waals surface area contributed by atoms with Crippen LogP contribution in [0.4, 0.5) is 0 Å². The Balaban J connectivity index is 2.07. The van der Waals surface area contributed by atoms with Gasteiger partial charge in [0.2, 0.25) is 5.89 Å². The smallest absolute Gasteiger partial charge is 0.243 e. The molecular formula is C9H15N3O3. The van der Waals surface area contributed by atoms with E-state index in [-0.39, 0.29) is 18.2 Å². The summed E-state index contributed by atoms with van der Waals surface area (Å²) >= 11 is 0. The van der Waals surface area contributed by atoms with Crippen molar-refractivity contribution in [3.63, 3.8) is 0 Å². The predicted octanol–water partition coefficient (Wildman–Crippen LogP) is 0.172. The fraction of sp³-hybridized carbons (Fsp3) is 0.778. The number of aliphatic hydroxyl groups is 1. The lowest BCUT2D eigenvalue weighted by molar-refractivity contribution is 0.109. The summed E-state index contributed by atoms with van der Waals surface area (Å²) in [4.78, 5) is 4.22. The molecule has 1 aliphatic heterocycles. The van der Waals surface area contributed by atoms with Crippen molar-refractivity contribution in [3.8, 4) is 0 Å². The Bertz CT molecular complexity index is 328. The molecule has 84 valence electrons. The minimum atomic E-state index is -0.329. The number of aromatic nitrogens is 2. The van der Waals surface area contributed by atoms with Gasteiger partial charge in [-0.3, -0.25) is 0 Å². The summed E-state index contributed by atoms with van der Waals surface area (Å²) in [6.45, 7) is 2.42. The largest absolute Gasteiger partial charge is 0.392 e. The maximum atomic E-state index is 9.35. The molecule has 1 unspecified atom stereocenters. The molecule has 1 saturated heterocycles. The number of hydrogen-bond donors (Lipinski definition) is 2. The Hall–Kier alpha value is -0.980. The second-order valence-electron chi connectivity index (χ2n) is 3.72. The number of hydrogen-bond acceptors (Lipinski definition) is 6. The van der Waals surface area contributed by atoms with Crippen LogP contribution >= 0.6 is 0 Å². The van der Waals surface area contributed by atoms with Gasteiger partial charge in [0.1, 0.15) is 6.10 Å². The van der Waals surface area contributed by atoms with Gasteiger partial charge in [-0.1, -0.05) is 5.16 Å². The van der Waals surface area contributed by atoms with E-state index in [0.717, 1.165) is 0 Å². The van der Waals surface area contributed by atoms with Gasteiger partial charge in [-0.2, -0.15) is 4.98 Å². The molecule has 3 atom stereocenters. The molecule has 0 amide bonds. The summed E-state index contributed by atoms with van der Waals surface area (Å²) in [7, 11) is 1.60. The Labute approximate surface area is 87.6 Å². The minimum Gasteiger partial charge on any atom is -0.392 e. The van der Waals surface area contributed by atoms with Gasteiger partial charge in [-0.05, 0) is 13.3 Å². The van der Waals surface area contributed by atoms with Gasteiger partial charge < -0.3 is 19.7 Å². The third kappa shape index (κ3) is 2.17. The van der Waals surface area contributed by atoms with E-state index in [1.165, 1.54) is 0 Å². The molecule has 6 heteroatoms. The molecule has 2 rings (SSSR count). The first-order chi connectivity index (χ1) is 7.20. The molecule has 0 saturated carbocycles. The van der Waals surface area contributed by atoms with Crippen LogP contribution < -0.4 is 5.32 Å². The van der Waals surface area contributed by atoms with Crippen LogP contribution in [0.25, 0.3) is 0 Å². The number of ether oxygens (including phenoxy) is 1. The number of nitrogens with one attached hydrogen (secondary N) is 1. The van der Waals surface area contributed by atoms with Crippen LogP contribution in [0, 0.1) is 0 Å². The van der Waals surface area contributed by atoms with E-state index in [1.54, 1.807) is 7.11 Å². The van der Waals surface area contributed by atoms with Crippen molar-refractivity contribution in [2.75, 3.05) is 13.7 Å². The van der Waals surface area contributed by atoms with Crippen LogP contribution in [0.1, 0.15) is 37.2 Å². The first kappa shape index (κ1) is 10.5. The molecule has 1 aromatic heterocycles. The normalized spacial score (nSPS) is 28.2. The second-order valence-corrected chi connectivity index (χ2v) is 3.72. The van der Waals surface area contributed by atoms with Crippen LogP contribution in [0.5, 0.6) is 0 Å². The highest BCUT2D eigenvalue weighted by molar-refractivity contribution is 4.98. The molecule has 15 heavy (non-hydrogen) atoms. The Morgan fingerprint density at radius 3 is 3.07 bits per heavy atom. The predicted molar refractivity (Wildman–Crippen MR) is 51.1 cm³/mol. The first-order valence-electron chi connectivity index (χ1n) is 4.98. The first-order valence-corrected chi connectivity index (χ1v) is 4.98. The van der Waals surface area contributed by atoms with Crippen LogP contribution in [0.15, 0.2) is 4.52 Å². The Kier molecular flexibility index (Phi) is 2.99. The average molecular weight is 213 g/mol. The maximum Gasteiger partial charge on any atom is 0.243 e. The van der Waals surface area contributed by atoms with Gasteiger partial charge in [0.25, 0.3) is 0 Å². The van der Waals surface area contributed by atoms with Crippen LogP contribution in [0.3, 0.4) is 0 Å². The molecular weight excluding hydrogens is 198 g/mol. The molecule has 0 aromatic carbocycles. The lowest BCUT2D eigenvalue weighted by atomic mass is 10.2. The minimum absolute atomic E-state index is 0.0368. The van der Waals surface area contributed by atoms with E-state index in [9.17, 15) is 5.11 Å². The molecule has 0 radical (unpaired) electrons.